The molecular formula is C14H20N2O. The van der Waals surface area contributed by atoms with Crippen LogP contribution in [0.2, 0.25) is 0 Å². The molecule has 2 N–H and O–H groups in total. The Morgan fingerprint density at radius 1 is 1.47 bits per heavy atom. The van der Waals surface area contributed by atoms with Crippen LogP contribution in [0.3, 0.4) is 0 Å². The number of hydrogen-bond acceptors (Lipinski definition) is 2. The molecule has 0 aliphatic heterocycles. The zero-order valence-electron chi connectivity index (χ0n) is 10.4. The lowest BCUT2D eigenvalue weighted by Gasteiger charge is -2.33. The summed E-state index contributed by atoms with van der Waals surface area (Å²) in [7, 11) is 1.89. The van der Waals surface area contributed by atoms with Crippen LogP contribution in [0.4, 0.5) is 0 Å². The van der Waals surface area contributed by atoms with Crippen molar-refractivity contribution in [2.24, 2.45) is 5.73 Å². The Morgan fingerprint density at radius 3 is 3.00 bits per heavy atom. The number of carbonyl (C=O) groups excluding carboxylic acids is 1. The molecule has 1 amide bonds. The monoisotopic (exact) mass is 232 g/mol. The van der Waals surface area contributed by atoms with Crippen LogP contribution in [-0.4, -0.2) is 24.4 Å². The summed E-state index contributed by atoms with van der Waals surface area (Å²) < 4.78 is 0. The van der Waals surface area contributed by atoms with E-state index in [1.807, 2.05) is 11.9 Å². The Hall–Kier alpha value is -1.35. The second kappa shape index (κ2) is 5.32. The molecule has 0 saturated carbocycles. The predicted molar refractivity (Wildman–Crippen MR) is 68.6 cm³/mol. The number of benzene rings is 1. The minimum absolute atomic E-state index is 0.147. The Morgan fingerprint density at radius 2 is 2.24 bits per heavy atom. The average molecular weight is 232 g/mol. The molecule has 2 rings (SSSR count). The molecule has 0 fully saturated rings. The maximum atomic E-state index is 11.9. The van der Waals surface area contributed by atoms with Crippen molar-refractivity contribution in [1.82, 2.24) is 4.90 Å². The molecule has 92 valence electrons. The van der Waals surface area contributed by atoms with E-state index in [0.717, 1.165) is 19.3 Å². The molecule has 1 aliphatic rings. The first-order valence-electron chi connectivity index (χ1n) is 6.27. The van der Waals surface area contributed by atoms with Gasteiger partial charge in [0.05, 0.1) is 6.04 Å². The van der Waals surface area contributed by atoms with Gasteiger partial charge in [0, 0.05) is 20.0 Å². The van der Waals surface area contributed by atoms with Crippen molar-refractivity contribution in [2.75, 3.05) is 13.6 Å². The van der Waals surface area contributed by atoms with Crippen molar-refractivity contribution in [3.63, 3.8) is 0 Å². The van der Waals surface area contributed by atoms with Crippen LogP contribution in [0, 0.1) is 0 Å². The summed E-state index contributed by atoms with van der Waals surface area (Å²) in [6.45, 7) is 0.428. The normalized spacial score (nSPS) is 18.6. The van der Waals surface area contributed by atoms with Crippen LogP contribution < -0.4 is 5.73 Å². The number of fused-ring (bicyclic) bond motifs is 1. The van der Waals surface area contributed by atoms with Crippen molar-refractivity contribution < 1.29 is 4.79 Å². The molecule has 0 radical (unpaired) electrons. The highest BCUT2D eigenvalue weighted by Crippen LogP contribution is 2.33. The largest absolute Gasteiger partial charge is 0.339 e. The zero-order valence-corrected chi connectivity index (χ0v) is 10.4. The van der Waals surface area contributed by atoms with E-state index in [4.69, 9.17) is 5.73 Å². The number of carbonyl (C=O) groups is 1. The van der Waals surface area contributed by atoms with Crippen LogP contribution in [0.25, 0.3) is 0 Å². The van der Waals surface area contributed by atoms with Crippen LogP contribution >= 0.6 is 0 Å². The summed E-state index contributed by atoms with van der Waals surface area (Å²) in [5.41, 5.74) is 8.14. The standard InChI is InChI=1S/C14H20N2O/c1-16(14(17)9-10-15)13-8-4-6-11-5-2-3-7-12(11)13/h2-3,5,7,13H,4,6,8-10,15H2,1H3. The first-order chi connectivity index (χ1) is 8.24. The highest BCUT2D eigenvalue weighted by molar-refractivity contribution is 5.76. The second-order valence-corrected chi connectivity index (χ2v) is 4.65. The van der Waals surface area contributed by atoms with Crippen LogP contribution in [-0.2, 0) is 11.2 Å². The summed E-state index contributed by atoms with van der Waals surface area (Å²) in [4.78, 5) is 13.8. The molecule has 0 spiro atoms. The van der Waals surface area contributed by atoms with Gasteiger partial charge >= 0.3 is 0 Å². The molecule has 3 nitrogen and oxygen atoms in total. The van der Waals surface area contributed by atoms with Crippen molar-refractivity contribution in [3.05, 3.63) is 35.4 Å². The van der Waals surface area contributed by atoms with E-state index in [9.17, 15) is 4.79 Å². The second-order valence-electron chi connectivity index (χ2n) is 4.65. The van der Waals surface area contributed by atoms with Gasteiger partial charge < -0.3 is 10.6 Å². The maximum Gasteiger partial charge on any atom is 0.224 e. The molecule has 0 aromatic heterocycles. The maximum absolute atomic E-state index is 11.9. The van der Waals surface area contributed by atoms with Gasteiger partial charge in [-0.3, -0.25) is 4.79 Å². The molecule has 0 heterocycles. The quantitative estimate of drug-likeness (QED) is 0.864. The third kappa shape index (κ3) is 2.50. The topological polar surface area (TPSA) is 46.3 Å². The predicted octanol–water partition coefficient (Wildman–Crippen LogP) is 1.87. The first kappa shape index (κ1) is 12.1. The van der Waals surface area contributed by atoms with Crippen LogP contribution in [0.15, 0.2) is 24.3 Å². The molecule has 0 bridgehead atoms. The van der Waals surface area contributed by atoms with E-state index in [1.54, 1.807) is 0 Å². The van der Waals surface area contributed by atoms with Gasteiger partial charge in [0.1, 0.15) is 0 Å². The summed E-state index contributed by atoms with van der Waals surface area (Å²) >= 11 is 0. The third-order valence-corrected chi connectivity index (χ3v) is 3.56. The van der Waals surface area contributed by atoms with Crippen molar-refractivity contribution in [1.29, 1.82) is 0 Å². The molecule has 17 heavy (non-hydrogen) atoms. The Balaban J connectivity index is 2.20. The molecule has 3 heteroatoms. The smallest absolute Gasteiger partial charge is 0.224 e. The van der Waals surface area contributed by atoms with Gasteiger partial charge in [0.15, 0.2) is 0 Å². The van der Waals surface area contributed by atoms with Gasteiger partial charge in [-0.25, -0.2) is 0 Å². The van der Waals surface area contributed by atoms with Gasteiger partial charge in [0.2, 0.25) is 5.91 Å². The zero-order chi connectivity index (χ0) is 12.3. The van der Waals surface area contributed by atoms with E-state index in [2.05, 4.69) is 24.3 Å². The number of amides is 1. The average Bonchev–Trinajstić information content (AvgIpc) is 2.37. The van der Waals surface area contributed by atoms with Gasteiger partial charge in [-0.1, -0.05) is 24.3 Å². The molecule has 1 unspecified atom stereocenters. The Labute approximate surface area is 103 Å². The number of hydrogen-bond donors (Lipinski definition) is 1. The first-order valence-corrected chi connectivity index (χ1v) is 6.27. The Kier molecular flexibility index (Phi) is 3.79. The highest BCUT2D eigenvalue weighted by Gasteiger charge is 2.25. The van der Waals surface area contributed by atoms with Crippen molar-refractivity contribution in [2.45, 2.75) is 31.7 Å². The summed E-state index contributed by atoms with van der Waals surface area (Å²) in [6, 6.07) is 8.68. The minimum atomic E-state index is 0.147. The SMILES string of the molecule is CN(C(=O)CCN)C1CCCc2ccccc21. The minimum Gasteiger partial charge on any atom is -0.339 e. The summed E-state index contributed by atoms with van der Waals surface area (Å²) in [6.07, 6.45) is 3.78. The van der Waals surface area contributed by atoms with Crippen molar-refractivity contribution in [3.8, 4) is 0 Å². The molecule has 1 aromatic rings. The highest BCUT2D eigenvalue weighted by atomic mass is 16.2. The fraction of sp³-hybridized carbons (Fsp3) is 0.500. The molecule has 1 aromatic carbocycles. The van der Waals surface area contributed by atoms with E-state index in [-0.39, 0.29) is 11.9 Å². The summed E-state index contributed by atoms with van der Waals surface area (Å²) in [5.74, 6) is 0.147. The van der Waals surface area contributed by atoms with Gasteiger partial charge in [-0.2, -0.15) is 0 Å². The Bertz CT molecular complexity index is 403. The van der Waals surface area contributed by atoms with Gasteiger partial charge in [-0.05, 0) is 30.4 Å². The molecule has 0 saturated heterocycles. The lowest BCUT2D eigenvalue weighted by atomic mass is 9.87. The fourth-order valence-electron chi connectivity index (χ4n) is 2.60. The van der Waals surface area contributed by atoms with Crippen LogP contribution in [0.5, 0.6) is 0 Å². The van der Waals surface area contributed by atoms with E-state index in [1.165, 1.54) is 11.1 Å². The van der Waals surface area contributed by atoms with Crippen LogP contribution in [0.1, 0.15) is 36.4 Å². The lowest BCUT2D eigenvalue weighted by Crippen LogP contribution is -2.34. The third-order valence-electron chi connectivity index (χ3n) is 3.56. The number of aryl methyl sites for hydroxylation is 1. The summed E-state index contributed by atoms with van der Waals surface area (Å²) in [5, 5.41) is 0. The fourth-order valence-corrected chi connectivity index (χ4v) is 2.60. The molecule has 1 aliphatic carbocycles. The van der Waals surface area contributed by atoms with Gasteiger partial charge in [-0.15, -0.1) is 0 Å². The number of nitrogens with two attached hydrogens (primary N) is 1. The van der Waals surface area contributed by atoms with E-state index in [0.29, 0.717) is 13.0 Å². The number of rotatable bonds is 3. The van der Waals surface area contributed by atoms with E-state index < -0.39 is 0 Å². The number of nitrogens with zero attached hydrogens (tertiary/aromatic N) is 1. The molecule has 1 atom stereocenters. The van der Waals surface area contributed by atoms with Gasteiger partial charge in [0.25, 0.3) is 0 Å². The van der Waals surface area contributed by atoms with E-state index >= 15 is 0 Å². The van der Waals surface area contributed by atoms with Crippen molar-refractivity contribution >= 4 is 5.91 Å². The lowest BCUT2D eigenvalue weighted by molar-refractivity contribution is -0.132. The molecular weight excluding hydrogens is 212 g/mol.